The first-order chi connectivity index (χ1) is 15.9. The molecule has 6 rings (SSSR count). The van der Waals surface area contributed by atoms with E-state index >= 15 is 0 Å². The topological polar surface area (TPSA) is 25.8 Å². The molecule has 2 heterocycles. The Labute approximate surface area is 186 Å². The molecule has 0 aliphatic rings. The maximum atomic E-state index is 4.18. The number of hydrogen-bond acceptors (Lipinski definition) is 2. The minimum absolute atomic E-state index is 1.18. The van der Waals surface area contributed by atoms with Gasteiger partial charge in [0.05, 0.1) is 0 Å². The average molecular weight is 409 g/mol. The van der Waals surface area contributed by atoms with Crippen LogP contribution in [0.3, 0.4) is 0 Å². The molecule has 0 aliphatic heterocycles. The van der Waals surface area contributed by atoms with Crippen molar-refractivity contribution in [1.29, 1.82) is 0 Å². The molecule has 0 amide bonds. The third-order valence-corrected chi connectivity index (χ3v) is 6.12. The van der Waals surface area contributed by atoms with Gasteiger partial charge in [0, 0.05) is 24.8 Å². The fourth-order valence-electron chi connectivity index (χ4n) is 4.63. The van der Waals surface area contributed by atoms with Gasteiger partial charge in [0.1, 0.15) is 0 Å². The van der Waals surface area contributed by atoms with Crippen LogP contribution in [0.1, 0.15) is 0 Å². The molecule has 0 unspecified atom stereocenters. The summed E-state index contributed by atoms with van der Waals surface area (Å²) in [4.78, 5) is 8.36. The Morgan fingerprint density at radius 2 is 0.625 bits per heavy atom. The molecule has 2 nitrogen and oxygen atoms in total. The molecule has 0 atom stereocenters. The second-order valence-electron chi connectivity index (χ2n) is 7.88. The normalized spacial score (nSPS) is 11.1. The van der Waals surface area contributed by atoms with Gasteiger partial charge in [-0.1, -0.05) is 72.8 Å². The van der Waals surface area contributed by atoms with E-state index in [1.807, 2.05) is 24.8 Å². The van der Waals surface area contributed by atoms with Gasteiger partial charge in [-0.2, -0.15) is 0 Å². The lowest BCUT2D eigenvalue weighted by Gasteiger charge is -2.15. The highest BCUT2D eigenvalue weighted by Gasteiger charge is 2.13. The summed E-state index contributed by atoms with van der Waals surface area (Å²) >= 11 is 0. The molecule has 0 bridgehead atoms. The summed E-state index contributed by atoms with van der Waals surface area (Å²) in [6, 6.07) is 34.6. The van der Waals surface area contributed by atoms with Gasteiger partial charge in [-0.3, -0.25) is 9.97 Å². The van der Waals surface area contributed by atoms with Gasteiger partial charge < -0.3 is 0 Å². The minimum atomic E-state index is 1.18. The molecular formula is C30H20N2. The second-order valence-corrected chi connectivity index (χ2v) is 7.88. The molecule has 32 heavy (non-hydrogen) atoms. The third kappa shape index (κ3) is 3.05. The van der Waals surface area contributed by atoms with Crippen LogP contribution in [0.5, 0.6) is 0 Å². The van der Waals surface area contributed by atoms with E-state index in [1.165, 1.54) is 54.9 Å². The smallest absolute Gasteiger partial charge is 0.0273 e. The number of rotatable bonds is 3. The standard InChI is InChI=1S/C30H20N2/c1-3-7-27-25(5-1)23(21-13-17-31-18-14-21)9-11-29(27)30-12-10-24(22-15-19-32-20-16-22)26-6-2-4-8-28(26)30/h1-20H. The van der Waals surface area contributed by atoms with E-state index in [2.05, 4.69) is 107 Å². The number of benzene rings is 4. The Morgan fingerprint density at radius 3 is 1.00 bits per heavy atom. The largest absolute Gasteiger partial charge is 0.265 e. The first-order valence-electron chi connectivity index (χ1n) is 10.7. The van der Waals surface area contributed by atoms with Gasteiger partial charge in [-0.15, -0.1) is 0 Å². The highest BCUT2D eigenvalue weighted by atomic mass is 14.6. The molecule has 0 saturated carbocycles. The first kappa shape index (κ1) is 18.5. The van der Waals surface area contributed by atoms with E-state index in [9.17, 15) is 0 Å². The maximum absolute atomic E-state index is 4.18. The first-order valence-corrected chi connectivity index (χ1v) is 10.7. The van der Waals surface area contributed by atoms with Gasteiger partial charge >= 0.3 is 0 Å². The van der Waals surface area contributed by atoms with E-state index in [0.717, 1.165) is 0 Å². The van der Waals surface area contributed by atoms with Crippen molar-refractivity contribution in [3.8, 4) is 33.4 Å². The molecule has 0 aliphatic carbocycles. The van der Waals surface area contributed by atoms with E-state index < -0.39 is 0 Å². The summed E-state index contributed by atoms with van der Waals surface area (Å²) in [6.07, 6.45) is 7.40. The molecule has 4 aromatic carbocycles. The Hall–Kier alpha value is -4.30. The Balaban J connectivity index is 1.62. The van der Waals surface area contributed by atoms with Gasteiger partial charge in [-0.05, 0) is 79.2 Å². The van der Waals surface area contributed by atoms with Crippen LogP contribution >= 0.6 is 0 Å². The lowest BCUT2D eigenvalue weighted by molar-refractivity contribution is 1.33. The number of fused-ring (bicyclic) bond motifs is 2. The van der Waals surface area contributed by atoms with Crippen LogP contribution < -0.4 is 0 Å². The van der Waals surface area contributed by atoms with Crippen LogP contribution in [0, 0.1) is 0 Å². The van der Waals surface area contributed by atoms with Crippen molar-refractivity contribution in [2.24, 2.45) is 0 Å². The number of pyridine rings is 2. The zero-order chi connectivity index (χ0) is 21.3. The Morgan fingerprint density at radius 1 is 0.312 bits per heavy atom. The molecular weight excluding hydrogens is 388 g/mol. The van der Waals surface area contributed by atoms with E-state index in [1.54, 1.807) is 0 Å². The van der Waals surface area contributed by atoms with Crippen LogP contribution in [0.15, 0.2) is 122 Å². The molecule has 0 spiro atoms. The van der Waals surface area contributed by atoms with Crippen molar-refractivity contribution in [3.05, 3.63) is 122 Å². The molecule has 0 N–H and O–H groups in total. The van der Waals surface area contributed by atoms with Crippen LogP contribution in [0.2, 0.25) is 0 Å². The van der Waals surface area contributed by atoms with Gasteiger partial charge in [0.2, 0.25) is 0 Å². The summed E-state index contributed by atoms with van der Waals surface area (Å²) < 4.78 is 0. The molecule has 2 aromatic heterocycles. The van der Waals surface area contributed by atoms with Crippen LogP contribution in [-0.4, -0.2) is 9.97 Å². The summed E-state index contributed by atoms with van der Waals surface area (Å²) in [5.74, 6) is 0. The molecule has 150 valence electrons. The van der Waals surface area contributed by atoms with Crippen molar-refractivity contribution >= 4 is 21.5 Å². The maximum Gasteiger partial charge on any atom is 0.0273 e. The highest BCUT2D eigenvalue weighted by molar-refractivity contribution is 6.12. The van der Waals surface area contributed by atoms with E-state index in [4.69, 9.17) is 0 Å². The van der Waals surface area contributed by atoms with Crippen molar-refractivity contribution in [2.45, 2.75) is 0 Å². The molecule has 0 radical (unpaired) electrons. The predicted octanol–water partition coefficient (Wildman–Crippen LogP) is 7.78. The summed E-state index contributed by atoms with van der Waals surface area (Å²) in [6.45, 7) is 0. The van der Waals surface area contributed by atoms with Crippen LogP contribution in [0.25, 0.3) is 54.9 Å². The summed E-state index contributed by atoms with van der Waals surface area (Å²) in [7, 11) is 0. The molecule has 0 saturated heterocycles. The van der Waals surface area contributed by atoms with Gasteiger partial charge in [0.25, 0.3) is 0 Å². The van der Waals surface area contributed by atoms with Gasteiger partial charge in [-0.25, -0.2) is 0 Å². The fraction of sp³-hybridized carbons (Fsp3) is 0. The second kappa shape index (κ2) is 7.75. The Kier molecular flexibility index (Phi) is 4.47. The molecule has 6 aromatic rings. The van der Waals surface area contributed by atoms with Crippen molar-refractivity contribution in [2.75, 3.05) is 0 Å². The lowest BCUT2D eigenvalue weighted by atomic mass is 9.88. The SMILES string of the molecule is c1ccc2c(-c3ccc(-c4ccncc4)c4ccccc34)ccc(-c3ccncc3)c2c1. The summed E-state index contributed by atoms with van der Waals surface area (Å²) in [5.41, 5.74) is 7.31. The number of aromatic nitrogens is 2. The van der Waals surface area contributed by atoms with E-state index in [0.29, 0.717) is 0 Å². The third-order valence-electron chi connectivity index (χ3n) is 6.12. The minimum Gasteiger partial charge on any atom is -0.265 e. The molecule has 2 heteroatoms. The van der Waals surface area contributed by atoms with Crippen LogP contribution in [0.4, 0.5) is 0 Å². The van der Waals surface area contributed by atoms with Crippen molar-refractivity contribution in [3.63, 3.8) is 0 Å². The Bertz CT molecular complexity index is 1430. The van der Waals surface area contributed by atoms with E-state index in [-0.39, 0.29) is 0 Å². The van der Waals surface area contributed by atoms with Crippen molar-refractivity contribution < 1.29 is 0 Å². The van der Waals surface area contributed by atoms with Gasteiger partial charge in [0.15, 0.2) is 0 Å². The predicted molar refractivity (Wildman–Crippen MR) is 133 cm³/mol. The fourth-order valence-corrected chi connectivity index (χ4v) is 4.63. The zero-order valence-corrected chi connectivity index (χ0v) is 17.4. The number of nitrogens with zero attached hydrogens (tertiary/aromatic N) is 2. The monoisotopic (exact) mass is 408 g/mol. The quantitative estimate of drug-likeness (QED) is 0.299. The lowest BCUT2D eigenvalue weighted by Crippen LogP contribution is -1.89. The average Bonchev–Trinajstić information content (AvgIpc) is 2.88. The number of hydrogen-bond donors (Lipinski definition) is 0. The zero-order valence-electron chi connectivity index (χ0n) is 17.4. The van der Waals surface area contributed by atoms with Crippen LogP contribution in [-0.2, 0) is 0 Å². The van der Waals surface area contributed by atoms with Crippen molar-refractivity contribution in [1.82, 2.24) is 9.97 Å². The highest BCUT2D eigenvalue weighted by Crippen LogP contribution is 2.40. The summed E-state index contributed by atoms with van der Waals surface area (Å²) in [5, 5.41) is 5.00. The molecule has 0 fully saturated rings.